The number of non-ortho nitro benzene ring substituents is 1. The van der Waals surface area contributed by atoms with Crippen molar-refractivity contribution in [2.75, 3.05) is 6.54 Å². The number of nitro groups is 1. The Balaban J connectivity index is 1.74. The molecule has 0 aliphatic carbocycles. The number of hydrogen-bond donors (Lipinski definition) is 0. The Morgan fingerprint density at radius 1 is 1.34 bits per heavy atom. The summed E-state index contributed by atoms with van der Waals surface area (Å²) in [5, 5.41) is 11.1. The number of carbonyl (C=O) groups excluding carboxylic acids is 1. The molecule has 0 saturated carbocycles. The highest BCUT2D eigenvalue weighted by atomic mass is 35.5. The van der Waals surface area contributed by atoms with Gasteiger partial charge in [-0.25, -0.2) is 8.42 Å². The van der Waals surface area contributed by atoms with E-state index < -0.39 is 26.9 Å². The highest BCUT2D eigenvalue weighted by molar-refractivity contribution is 7.91. The van der Waals surface area contributed by atoms with E-state index in [1.165, 1.54) is 24.3 Å². The third-order valence-electron chi connectivity index (χ3n) is 4.93. The summed E-state index contributed by atoms with van der Waals surface area (Å²) in [5.74, 6) is 1.88. The summed E-state index contributed by atoms with van der Waals surface area (Å²) < 4.78 is 29.8. The molecule has 0 radical (unpaired) electrons. The summed E-state index contributed by atoms with van der Waals surface area (Å²) in [5.41, 5.74) is 0.515. The summed E-state index contributed by atoms with van der Waals surface area (Å²) >= 11 is 7.90. The fourth-order valence-electron chi connectivity index (χ4n) is 3.50. The normalized spacial score (nSPS) is 17.6. The second kappa shape index (κ2) is 8.76. The number of terminal acetylenes is 1. The molecule has 13 heteroatoms. The van der Waals surface area contributed by atoms with Crippen LogP contribution in [0.4, 0.5) is 5.69 Å². The van der Waals surface area contributed by atoms with E-state index in [1.807, 2.05) is 0 Å². The van der Waals surface area contributed by atoms with Gasteiger partial charge in [0.05, 0.1) is 26.0 Å². The fraction of sp³-hybridized carbons (Fsp3) is 0.263. The smallest absolute Gasteiger partial charge is 0.270 e. The molecule has 1 aromatic carbocycles. The van der Waals surface area contributed by atoms with Gasteiger partial charge < -0.3 is 4.57 Å². The van der Waals surface area contributed by atoms with Gasteiger partial charge in [0.1, 0.15) is 10.3 Å². The SMILES string of the molecule is C#CCn1c(=NC(=O)C2CCCN2S(=O)(=O)c2ccc(Cl)s2)sc2cc([N+](=O)[O-])ccc21. The Kier molecular flexibility index (Phi) is 6.19. The van der Waals surface area contributed by atoms with Gasteiger partial charge in [0.15, 0.2) is 4.80 Å². The van der Waals surface area contributed by atoms with Crippen molar-refractivity contribution in [3.8, 4) is 12.3 Å². The number of rotatable bonds is 5. The maximum absolute atomic E-state index is 13.1. The van der Waals surface area contributed by atoms with Crippen LogP contribution in [0.2, 0.25) is 4.34 Å². The van der Waals surface area contributed by atoms with E-state index in [1.54, 1.807) is 10.6 Å². The molecule has 32 heavy (non-hydrogen) atoms. The zero-order valence-electron chi connectivity index (χ0n) is 16.3. The van der Waals surface area contributed by atoms with Crippen molar-refractivity contribution in [3.05, 3.63) is 49.6 Å². The second-order valence-electron chi connectivity index (χ2n) is 6.87. The Labute approximate surface area is 195 Å². The number of benzene rings is 1. The van der Waals surface area contributed by atoms with Crippen molar-refractivity contribution < 1.29 is 18.1 Å². The molecule has 1 fully saturated rings. The maximum atomic E-state index is 13.1. The van der Waals surface area contributed by atoms with Gasteiger partial charge in [-0.3, -0.25) is 14.9 Å². The number of thiophene rings is 1. The lowest BCUT2D eigenvalue weighted by Crippen LogP contribution is -2.40. The van der Waals surface area contributed by atoms with Crippen molar-refractivity contribution >= 4 is 66.1 Å². The number of hydrogen-bond acceptors (Lipinski definition) is 7. The number of fused-ring (bicyclic) bond motifs is 1. The number of carbonyl (C=O) groups is 1. The van der Waals surface area contributed by atoms with Gasteiger partial charge in [0, 0.05) is 18.7 Å². The van der Waals surface area contributed by atoms with Crippen LogP contribution in [0.3, 0.4) is 0 Å². The molecule has 3 aromatic rings. The lowest BCUT2D eigenvalue weighted by molar-refractivity contribution is -0.384. The fourth-order valence-corrected chi connectivity index (χ4v) is 7.83. The number of halogens is 1. The summed E-state index contributed by atoms with van der Waals surface area (Å²) in [7, 11) is -3.89. The number of amides is 1. The third kappa shape index (κ3) is 4.10. The van der Waals surface area contributed by atoms with Crippen molar-refractivity contribution in [3.63, 3.8) is 0 Å². The average Bonchev–Trinajstić information content (AvgIpc) is 3.47. The molecule has 3 heterocycles. The van der Waals surface area contributed by atoms with E-state index in [2.05, 4.69) is 10.9 Å². The molecule has 1 aliphatic rings. The minimum Gasteiger partial charge on any atom is -0.305 e. The van der Waals surface area contributed by atoms with Crippen molar-refractivity contribution in [1.82, 2.24) is 8.87 Å². The van der Waals surface area contributed by atoms with Crippen molar-refractivity contribution in [2.45, 2.75) is 29.6 Å². The quantitative estimate of drug-likeness (QED) is 0.297. The summed E-state index contributed by atoms with van der Waals surface area (Å²) in [6.45, 7) is 0.303. The molecule has 4 rings (SSSR count). The molecular weight excluding hydrogens is 496 g/mol. The first-order valence-electron chi connectivity index (χ1n) is 9.29. The molecule has 1 saturated heterocycles. The predicted molar refractivity (Wildman–Crippen MR) is 122 cm³/mol. The van der Waals surface area contributed by atoms with Crippen LogP contribution in [-0.4, -0.2) is 40.7 Å². The molecule has 1 aliphatic heterocycles. The Morgan fingerprint density at radius 3 is 2.78 bits per heavy atom. The van der Waals surface area contributed by atoms with Gasteiger partial charge in [0.25, 0.3) is 21.6 Å². The van der Waals surface area contributed by atoms with Crippen LogP contribution < -0.4 is 4.80 Å². The van der Waals surface area contributed by atoms with Crippen molar-refractivity contribution in [2.24, 2.45) is 4.99 Å². The number of aromatic nitrogens is 1. The van der Waals surface area contributed by atoms with Gasteiger partial charge in [-0.05, 0) is 31.0 Å². The standard InChI is InChI=1S/C19H15ClN4O5S3/c1-2-9-22-13-6-5-12(24(26)27)11-15(13)30-19(22)21-18(25)14-4-3-10-23(14)32(28,29)17-8-7-16(20)31-17/h1,5-8,11,14H,3-4,9-10H2. The maximum Gasteiger partial charge on any atom is 0.270 e. The van der Waals surface area contributed by atoms with Crippen molar-refractivity contribution in [1.29, 1.82) is 0 Å². The first kappa shape index (κ1) is 22.6. The average molecular weight is 511 g/mol. The monoisotopic (exact) mass is 510 g/mol. The molecule has 0 bridgehead atoms. The number of sulfonamides is 1. The van der Waals surface area contributed by atoms with E-state index in [9.17, 15) is 23.3 Å². The van der Waals surface area contributed by atoms with E-state index in [-0.39, 0.29) is 27.8 Å². The molecule has 2 aromatic heterocycles. The Bertz CT molecular complexity index is 1450. The number of nitro benzene ring substituents is 1. The van der Waals surface area contributed by atoms with Gasteiger partial charge in [-0.15, -0.1) is 17.8 Å². The molecule has 0 spiro atoms. The van der Waals surface area contributed by atoms with E-state index in [0.29, 0.717) is 27.4 Å². The van der Waals surface area contributed by atoms with Gasteiger partial charge in [0.2, 0.25) is 0 Å². The first-order chi connectivity index (χ1) is 15.2. The molecule has 0 N–H and O–H groups in total. The van der Waals surface area contributed by atoms with Crippen LogP contribution in [0.5, 0.6) is 0 Å². The Hall–Kier alpha value is -2.56. The van der Waals surface area contributed by atoms with E-state index in [4.69, 9.17) is 18.0 Å². The zero-order valence-corrected chi connectivity index (χ0v) is 19.5. The summed E-state index contributed by atoms with van der Waals surface area (Å²) in [6.07, 6.45) is 6.32. The first-order valence-corrected chi connectivity index (χ1v) is 12.7. The minimum absolute atomic E-state index is 0.0683. The number of nitrogens with zero attached hydrogens (tertiary/aromatic N) is 4. The predicted octanol–water partition coefficient (Wildman–Crippen LogP) is 3.24. The zero-order chi connectivity index (χ0) is 23.0. The van der Waals surface area contributed by atoms with Crippen LogP contribution >= 0.6 is 34.3 Å². The molecule has 1 unspecified atom stereocenters. The molecule has 9 nitrogen and oxygen atoms in total. The van der Waals surface area contributed by atoms with Crippen LogP contribution in [0.15, 0.2) is 39.5 Å². The Morgan fingerprint density at radius 2 is 2.12 bits per heavy atom. The lowest BCUT2D eigenvalue weighted by atomic mass is 10.2. The molecule has 1 amide bonds. The highest BCUT2D eigenvalue weighted by Gasteiger charge is 2.40. The van der Waals surface area contributed by atoms with Gasteiger partial charge >= 0.3 is 0 Å². The molecular formula is C19H15ClN4O5S3. The van der Waals surface area contributed by atoms with Crippen LogP contribution in [0.1, 0.15) is 12.8 Å². The highest BCUT2D eigenvalue weighted by Crippen LogP contribution is 2.32. The summed E-state index contributed by atoms with van der Waals surface area (Å²) in [4.78, 5) is 28.1. The summed E-state index contributed by atoms with van der Waals surface area (Å²) in [6, 6.07) is 6.26. The van der Waals surface area contributed by atoms with Crippen LogP contribution in [0.25, 0.3) is 10.2 Å². The lowest BCUT2D eigenvalue weighted by Gasteiger charge is -2.20. The van der Waals surface area contributed by atoms with Crippen LogP contribution in [-0.2, 0) is 21.4 Å². The molecule has 1 atom stereocenters. The third-order valence-corrected chi connectivity index (χ3v) is 9.58. The second-order valence-corrected chi connectivity index (χ2v) is 11.7. The van der Waals surface area contributed by atoms with Gasteiger partial charge in [-0.1, -0.05) is 28.9 Å². The van der Waals surface area contributed by atoms with Crippen LogP contribution in [0, 0.1) is 22.5 Å². The van der Waals surface area contributed by atoms with Gasteiger partial charge in [-0.2, -0.15) is 9.30 Å². The minimum atomic E-state index is -3.89. The van der Waals surface area contributed by atoms with E-state index >= 15 is 0 Å². The largest absolute Gasteiger partial charge is 0.305 e. The van der Waals surface area contributed by atoms with E-state index in [0.717, 1.165) is 27.0 Å². The molecule has 166 valence electrons. The topological polar surface area (TPSA) is 115 Å². The number of thiazole rings is 1.